The summed E-state index contributed by atoms with van der Waals surface area (Å²) in [4.78, 5) is 0. The van der Waals surface area contributed by atoms with Crippen molar-refractivity contribution >= 4 is 0 Å². The van der Waals surface area contributed by atoms with Crippen molar-refractivity contribution in [2.24, 2.45) is 5.84 Å². The topological polar surface area (TPSA) is 38.0 Å². The van der Waals surface area contributed by atoms with Crippen molar-refractivity contribution < 1.29 is 0 Å². The number of hydrogen-bond donors (Lipinski definition) is 2. The number of nitrogens with two attached hydrogens (primary N) is 1. The second-order valence-corrected chi connectivity index (χ2v) is 5.74. The maximum atomic E-state index is 5.27. The van der Waals surface area contributed by atoms with E-state index in [-0.39, 0.29) is 0 Å². The fraction of sp³-hybridized carbons (Fsp3) is 0.882. The van der Waals surface area contributed by atoms with Crippen LogP contribution in [0, 0.1) is 0 Å². The Morgan fingerprint density at radius 2 is 1.11 bits per heavy atom. The van der Waals surface area contributed by atoms with Gasteiger partial charge in [0.15, 0.2) is 0 Å². The van der Waals surface area contributed by atoms with Crippen molar-refractivity contribution in [3.05, 3.63) is 12.3 Å². The molecule has 0 aromatic carbocycles. The fourth-order valence-electron chi connectivity index (χ4n) is 2.43. The molecule has 0 unspecified atom stereocenters. The Kier molecular flexibility index (Phi) is 15.1. The van der Waals surface area contributed by atoms with E-state index in [2.05, 4.69) is 18.9 Å². The number of rotatable bonds is 15. The zero-order valence-electron chi connectivity index (χ0n) is 13.2. The Hall–Kier alpha value is -0.500. The van der Waals surface area contributed by atoms with Crippen LogP contribution in [0.1, 0.15) is 96.8 Å². The lowest BCUT2D eigenvalue weighted by atomic mass is 10.0. The summed E-state index contributed by atoms with van der Waals surface area (Å²) < 4.78 is 0. The molecular weight excluding hydrogens is 232 g/mol. The summed E-state index contributed by atoms with van der Waals surface area (Å²) in [6, 6.07) is 0. The Morgan fingerprint density at radius 1 is 0.737 bits per heavy atom. The first-order chi connectivity index (χ1) is 9.31. The highest BCUT2D eigenvalue weighted by atomic mass is 15.2. The van der Waals surface area contributed by atoms with Gasteiger partial charge in [-0.15, -0.1) is 0 Å². The minimum Gasteiger partial charge on any atom is -0.329 e. The SMILES string of the molecule is C=C(CCCCCCCCCCCCCCC)NN. The smallest absolute Gasteiger partial charge is 0.0187 e. The Labute approximate surface area is 121 Å². The van der Waals surface area contributed by atoms with E-state index in [4.69, 9.17) is 5.84 Å². The van der Waals surface area contributed by atoms with Crippen LogP contribution in [0.4, 0.5) is 0 Å². The van der Waals surface area contributed by atoms with E-state index in [9.17, 15) is 0 Å². The number of nitrogens with one attached hydrogen (secondary N) is 1. The van der Waals surface area contributed by atoms with Gasteiger partial charge in [-0.2, -0.15) is 0 Å². The molecule has 0 saturated heterocycles. The van der Waals surface area contributed by atoms with Crippen LogP contribution >= 0.6 is 0 Å². The van der Waals surface area contributed by atoms with Crippen LogP contribution in [0.2, 0.25) is 0 Å². The minimum absolute atomic E-state index is 0.961. The van der Waals surface area contributed by atoms with Crippen molar-refractivity contribution in [3.8, 4) is 0 Å². The first kappa shape index (κ1) is 18.5. The third-order valence-electron chi connectivity index (χ3n) is 3.79. The fourth-order valence-corrected chi connectivity index (χ4v) is 2.43. The van der Waals surface area contributed by atoms with Crippen molar-refractivity contribution in [3.63, 3.8) is 0 Å². The minimum atomic E-state index is 0.961. The second-order valence-electron chi connectivity index (χ2n) is 5.74. The molecular formula is C17H36N2. The molecule has 0 aromatic heterocycles. The van der Waals surface area contributed by atoms with Gasteiger partial charge in [-0.25, -0.2) is 0 Å². The van der Waals surface area contributed by atoms with E-state index >= 15 is 0 Å². The van der Waals surface area contributed by atoms with Gasteiger partial charge in [0.2, 0.25) is 0 Å². The average Bonchev–Trinajstić information content (AvgIpc) is 2.43. The molecule has 0 fully saturated rings. The maximum Gasteiger partial charge on any atom is 0.0187 e. The van der Waals surface area contributed by atoms with Gasteiger partial charge in [0.25, 0.3) is 0 Å². The standard InChI is InChI=1S/C17H36N2/c1-3-4-5-6-7-8-9-10-11-12-13-14-15-16-17(2)19-18/h19H,2-16,18H2,1H3. The Morgan fingerprint density at radius 3 is 1.47 bits per heavy atom. The highest BCUT2D eigenvalue weighted by molar-refractivity contribution is 4.87. The van der Waals surface area contributed by atoms with Crippen molar-refractivity contribution in [1.29, 1.82) is 0 Å². The van der Waals surface area contributed by atoms with Crippen LogP contribution < -0.4 is 11.3 Å². The summed E-state index contributed by atoms with van der Waals surface area (Å²) in [6.07, 6.45) is 19.2. The summed E-state index contributed by atoms with van der Waals surface area (Å²) in [5.41, 5.74) is 3.58. The third kappa shape index (κ3) is 15.4. The van der Waals surface area contributed by atoms with Crippen LogP contribution in [-0.2, 0) is 0 Å². The molecule has 0 aliphatic rings. The molecule has 2 nitrogen and oxygen atoms in total. The molecule has 0 bridgehead atoms. The van der Waals surface area contributed by atoms with E-state index in [1.54, 1.807) is 0 Å². The summed E-state index contributed by atoms with van der Waals surface area (Å²) in [6.45, 7) is 6.11. The van der Waals surface area contributed by atoms with Gasteiger partial charge in [0.05, 0.1) is 0 Å². The van der Waals surface area contributed by atoms with E-state index in [1.807, 2.05) is 0 Å². The van der Waals surface area contributed by atoms with Crippen molar-refractivity contribution in [2.75, 3.05) is 0 Å². The largest absolute Gasteiger partial charge is 0.329 e. The van der Waals surface area contributed by atoms with Crippen LogP contribution in [0.3, 0.4) is 0 Å². The molecule has 0 amide bonds. The van der Waals surface area contributed by atoms with Crippen LogP contribution in [0.25, 0.3) is 0 Å². The monoisotopic (exact) mass is 268 g/mol. The first-order valence-corrected chi connectivity index (χ1v) is 8.45. The number of unbranched alkanes of at least 4 members (excludes halogenated alkanes) is 12. The molecule has 0 heterocycles. The lowest BCUT2D eigenvalue weighted by Crippen LogP contribution is -2.19. The molecule has 0 aromatic rings. The van der Waals surface area contributed by atoms with E-state index in [0.717, 1.165) is 12.1 Å². The van der Waals surface area contributed by atoms with Gasteiger partial charge in [-0.3, -0.25) is 5.84 Å². The molecule has 2 heteroatoms. The molecule has 0 rings (SSSR count). The maximum absolute atomic E-state index is 5.27. The Bertz CT molecular complexity index is 190. The summed E-state index contributed by atoms with van der Waals surface area (Å²) in [5, 5.41) is 0. The third-order valence-corrected chi connectivity index (χ3v) is 3.79. The molecule has 114 valence electrons. The number of hydrazine groups is 1. The lowest BCUT2D eigenvalue weighted by molar-refractivity contribution is 0.538. The summed E-state index contributed by atoms with van der Waals surface area (Å²) in [7, 11) is 0. The van der Waals surface area contributed by atoms with Gasteiger partial charge in [-0.05, 0) is 12.8 Å². The quantitative estimate of drug-likeness (QED) is 0.236. The molecule has 3 N–H and O–H groups in total. The normalized spacial score (nSPS) is 10.6. The number of allylic oxidation sites excluding steroid dienone is 1. The van der Waals surface area contributed by atoms with E-state index in [1.165, 1.54) is 83.5 Å². The van der Waals surface area contributed by atoms with Crippen molar-refractivity contribution in [2.45, 2.75) is 96.8 Å². The van der Waals surface area contributed by atoms with Gasteiger partial charge in [0, 0.05) is 5.70 Å². The Balaban J connectivity index is 2.97. The predicted molar refractivity (Wildman–Crippen MR) is 86.8 cm³/mol. The molecule has 0 saturated carbocycles. The zero-order chi connectivity index (χ0) is 14.2. The van der Waals surface area contributed by atoms with Gasteiger partial charge < -0.3 is 5.43 Å². The van der Waals surface area contributed by atoms with Gasteiger partial charge in [-0.1, -0.05) is 90.6 Å². The highest BCUT2D eigenvalue weighted by Crippen LogP contribution is 2.13. The summed E-state index contributed by atoms with van der Waals surface area (Å²) >= 11 is 0. The van der Waals surface area contributed by atoms with Crippen LogP contribution in [0.15, 0.2) is 12.3 Å². The molecule has 0 radical (unpaired) electrons. The lowest BCUT2D eigenvalue weighted by Gasteiger charge is -2.04. The average molecular weight is 268 g/mol. The second kappa shape index (κ2) is 15.6. The van der Waals surface area contributed by atoms with Gasteiger partial charge in [0.1, 0.15) is 0 Å². The zero-order valence-corrected chi connectivity index (χ0v) is 13.2. The molecule has 0 aliphatic heterocycles. The van der Waals surface area contributed by atoms with Gasteiger partial charge >= 0.3 is 0 Å². The predicted octanol–water partition coefficient (Wildman–Crippen LogP) is 5.44. The number of hydrogen-bond acceptors (Lipinski definition) is 2. The molecule has 0 spiro atoms. The first-order valence-electron chi connectivity index (χ1n) is 8.45. The van der Waals surface area contributed by atoms with E-state index < -0.39 is 0 Å². The molecule has 0 aliphatic carbocycles. The highest BCUT2D eigenvalue weighted by Gasteiger charge is 1.94. The van der Waals surface area contributed by atoms with Crippen molar-refractivity contribution in [1.82, 2.24) is 5.43 Å². The van der Waals surface area contributed by atoms with Crippen LogP contribution in [-0.4, -0.2) is 0 Å². The molecule has 0 atom stereocenters. The van der Waals surface area contributed by atoms with E-state index in [0.29, 0.717) is 0 Å². The van der Waals surface area contributed by atoms with Crippen LogP contribution in [0.5, 0.6) is 0 Å². The summed E-state index contributed by atoms with van der Waals surface area (Å²) in [5.74, 6) is 5.27. The molecule has 19 heavy (non-hydrogen) atoms.